The van der Waals surface area contributed by atoms with E-state index < -0.39 is 0 Å². The molecule has 0 bridgehead atoms. The number of para-hydroxylation sites is 2. The number of amides is 2. The summed E-state index contributed by atoms with van der Waals surface area (Å²) in [5.74, 6) is 0.901. The van der Waals surface area contributed by atoms with Crippen LogP contribution in [0.2, 0.25) is 0 Å². The quantitative estimate of drug-likeness (QED) is 0.580. The number of hydrogen-bond donors (Lipinski definition) is 0. The second-order valence-corrected chi connectivity index (χ2v) is 5.39. The number of benzene rings is 2. The van der Waals surface area contributed by atoms with E-state index in [9.17, 15) is 9.59 Å². The van der Waals surface area contributed by atoms with Crippen LogP contribution < -0.4 is 9.47 Å². The van der Waals surface area contributed by atoms with Gasteiger partial charge in [-0.3, -0.25) is 14.5 Å². The van der Waals surface area contributed by atoms with Crippen molar-refractivity contribution in [3.05, 3.63) is 59.7 Å². The lowest BCUT2D eigenvalue weighted by atomic mass is 10.1. The number of ether oxygens (including phenoxy) is 2. The maximum absolute atomic E-state index is 12.3. The van der Waals surface area contributed by atoms with Crippen LogP contribution in [0.1, 0.15) is 34.1 Å². The van der Waals surface area contributed by atoms with E-state index in [4.69, 9.17) is 9.47 Å². The van der Waals surface area contributed by atoms with Gasteiger partial charge in [-0.1, -0.05) is 24.3 Å². The van der Waals surface area contributed by atoms with Gasteiger partial charge in [-0.2, -0.15) is 0 Å². The molecule has 0 spiro atoms. The van der Waals surface area contributed by atoms with Crippen LogP contribution in [0.15, 0.2) is 48.5 Å². The highest BCUT2D eigenvalue weighted by molar-refractivity contribution is 6.21. The molecule has 2 amide bonds. The van der Waals surface area contributed by atoms with Crippen LogP contribution in [-0.2, 0) is 0 Å². The van der Waals surface area contributed by atoms with Gasteiger partial charge in [0.25, 0.3) is 11.8 Å². The van der Waals surface area contributed by atoms with Crippen molar-refractivity contribution in [2.45, 2.75) is 13.3 Å². The summed E-state index contributed by atoms with van der Waals surface area (Å²) in [6.07, 6.45) is 0.561. The number of carbonyl (C=O) groups excluding carboxylic acids is 2. The minimum Gasteiger partial charge on any atom is -0.490 e. The molecular weight excluding hydrogens is 306 g/mol. The monoisotopic (exact) mass is 325 g/mol. The normalized spacial score (nSPS) is 13.1. The van der Waals surface area contributed by atoms with Crippen molar-refractivity contribution >= 4 is 11.8 Å². The number of imide groups is 1. The van der Waals surface area contributed by atoms with Crippen molar-refractivity contribution in [1.82, 2.24) is 4.90 Å². The molecule has 0 aliphatic carbocycles. The van der Waals surface area contributed by atoms with Gasteiger partial charge in [0, 0.05) is 6.54 Å². The maximum Gasteiger partial charge on any atom is 0.261 e. The summed E-state index contributed by atoms with van der Waals surface area (Å²) in [5, 5.41) is 0. The van der Waals surface area contributed by atoms with Gasteiger partial charge in [0.2, 0.25) is 0 Å². The second-order valence-electron chi connectivity index (χ2n) is 5.39. The van der Waals surface area contributed by atoms with E-state index in [1.807, 2.05) is 31.2 Å². The zero-order chi connectivity index (χ0) is 16.9. The Kier molecular flexibility index (Phi) is 4.79. The molecular formula is C19H19NO4. The molecule has 0 fully saturated rings. The Morgan fingerprint density at radius 2 is 1.38 bits per heavy atom. The lowest BCUT2D eigenvalue weighted by Gasteiger charge is -2.15. The third-order valence-electron chi connectivity index (χ3n) is 3.81. The topological polar surface area (TPSA) is 55.8 Å². The van der Waals surface area contributed by atoms with Crippen molar-refractivity contribution in [1.29, 1.82) is 0 Å². The molecule has 0 atom stereocenters. The lowest BCUT2D eigenvalue weighted by Crippen LogP contribution is -2.31. The van der Waals surface area contributed by atoms with Crippen LogP contribution in [0.3, 0.4) is 0 Å². The summed E-state index contributed by atoms with van der Waals surface area (Å²) >= 11 is 0. The Bertz CT molecular complexity index is 722. The van der Waals surface area contributed by atoms with Crippen molar-refractivity contribution < 1.29 is 19.1 Å². The predicted octanol–water partition coefficient (Wildman–Crippen LogP) is 3.15. The van der Waals surface area contributed by atoms with Crippen LogP contribution in [0, 0.1) is 0 Å². The lowest BCUT2D eigenvalue weighted by molar-refractivity contribution is 0.0646. The van der Waals surface area contributed by atoms with E-state index in [0.717, 1.165) is 0 Å². The van der Waals surface area contributed by atoms with E-state index in [-0.39, 0.29) is 11.8 Å². The molecule has 1 aliphatic heterocycles. The number of carbonyl (C=O) groups is 2. The molecule has 0 radical (unpaired) electrons. The number of nitrogens with zero attached hydrogens (tertiary/aromatic N) is 1. The third kappa shape index (κ3) is 3.11. The van der Waals surface area contributed by atoms with Gasteiger partial charge in [0.1, 0.15) is 0 Å². The Morgan fingerprint density at radius 1 is 0.833 bits per heavy atom. The summed E-state index contributed by atoms with van der Waals surface area (Å²) in [6.45, 7) is 3.22. The fourth-order valence-corrected chi connectivity index (χ4v) is 2.69. The maximum atomic E-state index is 12.3. The van der Waals surface area contributed by atoms with Gasteiger partial charge in [-0.05, 0) is 37.6 Å². The Morgan fingerprint density at radius 3 is 1.96 bits per heavy atom. The van der Waals surface area contributed by atoms with Crippen molar-refractivity contribution in [2.75, 3.05) is 19.8 Å². The summed E-state index contributed by atoms with van der Waals surface area (Å²) in [6, 6.07) is 14.4. The van der Waals surface area contributed by atoms with Gasteiger partial charge in [0.15, 0.2) is 11.5 Å². The molecule has 0 N–H and O–H groups in total. The van der Waals surface area contributed by atoms with E-state index in [1.54, 1.807) is 24.3 Å². The first-order chi connectivity index (χ1) is 11.7. The van der Waals surface area contributed by atoms with Gasteiger partial charge in [-0.25, -0.2) is 0 Å². The first-order valence-corrected chi connectivity index (χ1v) is 8.02. The molecule has 24 heavy (non-hydrogen) atoms. The van der Waals surface area contributed by atoms with Gasteiger partial charge in [0.05, 0.1) is 24.3 Å². The van der Waals surface area contributed by atoms with Crippen molar-refractivity contribution in [3.63, 3.8) is 0 Å². The molecule has 124 valence electrons. The molecule has 5 heteroatoms. The smallest absolute Gasteiger partial charge is 0.261 e. The molecule has 0 saturated heterocycles. The minimum absolute atomic E-state index is 0.231. The third-order valence-corrected chi connectivity index (χ3v) is 3.81. The molecule has 1 heterocycles. The fourth-order valence-electron chi connectivity index (χ4n) is 2.69. The van der Waals surface area contributed by atoms with E-state index in [0.29, 0.717) is 48.8 Å². The van der Waals surface area contributed by atoms with Crippen LogP contribution >= 0.6 is 0 Å². The molecule has 0 saturated carbocycles. The molecule has 1 aliphatic rings. The summed E-state index contributed by atoms with van der Waals surface area (Å²) in [4.78, 5) is 25.8. The standard InChI is InChI=1S/C19H19NO4/c1-2-23-16-10-5-6-11-17(16)24-13-7-12-20-18(21)14-8-3-4-9-15(14)19(20)22/h3-6,8-11H,2,7,12-13H2,1H3. The Balaban J connectivity index is 1.55. The first-order valence-electron chi connectivity index (χ1n) is 8.02. The van der Waals surface area contributed by atoms with Gasteiger partial charge in [-0.15, -0.1) is 0 Å². The predicted molar refractivity (Wildman–Crippen MR) is 89.5 cm³/mol. The summed E-state index contributed by atoms with van der Waals surface area (Å²) in [5.41, 5.74) is 0.954. The average Bonchev–Trinajstić information content (AvgIpc) is 2.85. The Labute approximate surface area is 140 Å². The summed E-state index contributed by atoms with van der Waals surface area (Å²) < 4.78 is 11.2. The second kappa shape index (κ2) is 7.17. The van der Waals surface area contributed by atoms with E-state index in [1.165, 1.54) is 4.90 Å². The molecule has 0 unspecified atom stereocenters. The molecule has 2 aromatic rings. The summed E-state index contributed by atoms with van der Waals surface area (Å²) in [7, 11) is 0. The molecule has 0 aromatic heterocycles. The van der Waals surface area contributed by atoms with Gasteiger partial charge < -0.3 is 9.47 Å². The van der Waals surface area contributed by atoms with Crippen LogP contribution in [0.4, 0.5) is 0 Å². The Hall–Kier alpha value is -2.82. The fraction of sp³-hybridized carbons (Fsp3) is 0.263. The van der Waals surface area contributed by atoms with Gasteiger partial charge >= 0.3 is 0 Å². The minimum atomic E-state index is -0.231. The molecule has 3 rings (SSSR count). The SMILES string of the molecule is CCOc1ccccc1OCCCN1C(=O)c2ccccc2C1=O. The number of fused-ring (bicyclic) bond motifs is 1. The molecule has 5 nitrogen and oxygen atoms in total. The van der Waals surface area contributed by atoms with Crippen LogP contribution in [0.25, 0.3) is 0 Å². The van der Waals surface area contributed by atoms with E-state index >= 15 is 0 Å². The van der Waals surface area contributed by atoms with Crippen LogP contribution in [-0.4, -0.2) is 36.5 Å². The highest BCUT2D eigenvalue weighted by Gasteiger charge is 2.34. The van der Waals surface area contributed by atoms with E-state index in [2.05, 4.69) is 0 Å². The average molecular weight is 325 g/mol. The highest BCUT2D eigenvalue weighted by atomic mass is 16.5. The van der Waals surface area contributed by atoms with Crippen molar-refractivity contribution in [3.8, 4) is 11.5 Å². The largest absolute Gasteiger partial charge is 0.490 e. The zero-order valence-corrected chi connectivity index (χ0v) is 13.5. The first kappa shape index (κ1) is 16.1. The van der Waals surface area contributed by atoms with Crippen molar-refractivity contribution in [2.24, 2.45) is 0 Å². The zero-order valence-electron chi connectivity index (χ0n) is 13.5. The number of hydrogen-bond acceptors (Lipinski definition) is 4. The highest BCUT2D eigenvalue weighted by Crippen LogP contribution is 2.27. The van der Waals surface area contributed by atoms with Crippen LogP contribution in [0.5, 0.6) is 11.5 Å². The number of rotatable bonds is 7. The molecule has 2 aromatic carbocycles.